The smallest absolute Gasteiger partial charge is 0.320 e. The Labute approximate surface area is 124 Å². The van der Waals surface area contributed by atoms with Crippen LogP contribution in [0.15, 0.2) is 36.4 Å². The van der Waals surface area contributed by atoms with Gasteiger partial charge in [-0.2, -0.15) is 0 Å². The van der Waals surface area contributed by atoms with Crippen LogP contribution in [-0.2, 0) is 19.1 Å². The van der Waals surface area contributed by atoms with Crippen molar-refractivity contribution in [3.63, 3.8) is 0 Å². The predicted octanol–water partition coefficient (Wildman–Crippen LogP) is 2.83. The van der Waals surface area contributed by atoms with Crippen molar-refractivity contribution in [3.05, 3.63) is 42.0 Å². The fourth-order valence-electron chi connectivity index (χ4n) is 2.81. The number of allylic oxidation sites excluding steroid dienone is 2. The van der Waals surface area contributed by atoms with E-state index in [1.54, 1.807) is 0 Å². The Bertz CT molecular complexity index is 517. The number of hydrogen-bond donors (Lipinski definition) is 0. The highest BCUT2D eigenvalue weighted by Gasteiger charge is 2.36. The summed E-state index contributed by atoms with van der Waals surface area (Å²) >= 11 is 0. The number of carbonyl (C=O) groups excluding carboxylic acids is 2. The minimum atomic E-state index is -0.876. The summed E-state index contributed by atoms with van der Waals surface area (Å²) in [6.07, 6.45) is 4.70. The van der Waals surface area contributed by atoms with Crippen molar-refractivity contribution in [2.75, 3.05) is 14.2 Å². The summed E-state index contributed by atoms with van der Waals surface area (Å²) < 4.78 is 9.52. The molecule has 0 aromatic heterocycles. The largest absolute Gasteiger partial charge is 0.468 e. The van der Waals surface area contributed by atoms with Crippen LogP contribution < -0.4 is 0 Å². The van der Waals surface area contributed by atoms with Gasteiger partial charge in [-0.25, -0.2) is 0 Å². The molecule has 1 aliphatic carbocycles. The number of hydrogen-bond acceptors (Lipinski definition) is 4. The van der Waals surface area contributed by atoms with E-state index in [4.69, 9.17) is 9.47 Å². The summed E-state index contributed by atoms with van der Waals surface area (Å²) in [6.45, 7) is 0. The second-order valence-electron chi connectivity index (χ2n) is 5.14. The van der Waals surface area contributed by atoms with Crippen LogP contribution in [0.4, 0.5) is 0 Å². The van der Waals surface area contributed by atoms with Gasteiger partial charge in [-0.15, -0.1) is 0 Å². The number of benzene rings is 1. The average Bonchev–Trinajstić information content (AvgIpc) is 2.55. The van der Waals surface area contributed by atoms with E-state index in [9.17, 15) is 9.59 Å². The maximum absolute atomic E-state index is 11.9. The van der Waals surface area contributed by atoms with Gasteiger partial charge in [-0.3, -0.25) is 9.59 Å². The third-order valence-electron chi connectivity index (χ3n) is 3.88. The van der Waals surface area contributed by atoms with Crippen LogP contribution in [0.2, 0.25) is 0 Å². The van der Waals surface area contributed by atoms with Crippen molar-refractivity contribution in [2.45, 2.75) is 19.3 Å². The first-order chi connectivity index (χ1) is 10.2. The summed E-state index contributed by atoms with van der Waals surface area (Å²) in [7, 11) is 2.59. The van der Waals surface area contributed by atoms with Crippen molar-refractivity contribution in [2.24, 2.45) is 11.8 Å². The number of methoxy groups -OCH3 is 2. The molecule has 1 atom stereocenters. The molecular weight excluding hydrogens is 268 g/mol. The zero-order valence-corrected chi connectivity index (χ0v) is 12.4. The molecule has 1 aromatic rings. The maximum atomic E-state index is 11.9. The zero-order chi connectivity index (χ0) is 15.2. The van der Waals surface area contributed by atoms with Crippen molar-refractivity contribution in [1.29, 1.82) is 0 Å². The number of ether oxygens (including phenoxy) is 2. The van der Waals surface area contributed by atoms with Crippen LogP contribution in [0.5, 0.6) is 0 Å². The quantitative estimate of drug-likeness (QED) is 0.631. The van der Waals surface area contributed by atoms with E-state index >= 15 is 0 Å². The molecule has 0 amide bonds. The lowest BCUT2D eigenvalue weighted by molar-refractivity contribution is -0.160. The van der Waals surface area contributed by atoms with Gasteiger partial charge in [0.05, 0.1) is 14.2 Å². The van der Waals surface area contributed by atoms with Gasteiger partial charge in [-0.05, 0) is 30.4 Å². The minimum Gasteiger partial charge on any atom is -0.468 e. The molecule has 0 unspecified atom stereocenters. The van der Waals surface area contributed by atoms with Crippen LogP contribution in [0.25, 0.3) is 5.57 Å². The lowest BCUT2D eigenvalue weighted by Crippen LogP contribution is -2.33. The van der Waals surface area contributed by atoms with Crippen molar-refractivity contribution in [3.8, 4) is 0 Å². The summed E-state index contributed by atoms with van der Waals surface area (Å²) in [6, 6.07) is 10.0. The second-order valence-corrected chi connectivity index (χ2v) is 5.14. The Morgan fingerprint density at radius 3 is 2.29 bits per heavy atom. The maximum Gasteiger partial charge on any atom is 0.320 e. The summed E-state index contributed by atoms with van der Waals surface area (Å²) in [5, 5.41) is 0. The van der Waals surface area contributed by atoms with Gasteiger partial charge in [0.1, 0.15) is 0 Å². The number of carbonyl (C=O) groups is 2. The van der Waals surface area contributed by atoms with E-state index in [2.05, 4.69) is 0 Å². The van der Waals surface area contributed by atoms with Crippen molar-refractivity contribution < 1.29 is 19.1 Å². The first kappa shape index (κ1) is 15.3. The summed E-state index contributed by atoms with van der Waals surface area (Å²) in [4.78, 5) is 23.8. The molecule has 0 N–H and O–H groups in total. The first-order valence-electron chi connectivity index (χ1n) is 7.09. The van der Waals surface area contributed by atoms with E-state index < -0.39 is 17.9 Å². The van der Waals surface area contributed by atoms with Gasteiger partial charge in [0.15, 0.2) is 5.92 Å². The van der Waals surface area contributed by atoms with Crippen molar-refractivity contribution in [1.82, 2.24) is 0 Å². The van der Waals surface area contributed by atoms with Crippen LogP contribution in [0, 0.1) is 11.8 Å². The normalized spacial score (nSPS) is 18.0. The molecule has 112 valence electrons. The Balaban J connectivity index is 2.29. The van der Waals surface area contributed by atoms with E-state index in [-0.39, 0.29) is 5.92 Å². The molecule has 1 aromatic carbocycles. The fraction of sp³-hybridized carbons (Fsp3) is 0.412. The van der Waals surface area contributed by atoms with Gasteiger partial charge in [0.2, 0.25) is 0 Å². The Kier molecular flexibility index (Phi) is 5.14. The molecule has 0 aliphatic heterocycles. The molecule has 0 bridgehead atoms. The molecule has 1 aliphatic rings. The van der Waals surface area contributed by atoms with E-state index in [1.165, 1.54) is 19.8 Å². The highest BCUT2D eigenvalue weighted by molar-refractivity contribution is 5.95. The molecule has 0 fully saturated rings. The zero-order valence-electron chi connectivity index (χ0n) is 12.4. The SMILES string of the molecule is COC(=O)C(C(=O)OC)[C@H]1C=C(c2ccccc2)CCC1. The fourth-order valence-corrected chi connectivity index (χ4v) is 2.81. The molecule has 0 radical (unpaired) electrons. The van der Waals surface area contributed by atoms with Crippen LogP contribution in [-0.4, -0.2) is 26.2 Å². The van der Waals surface area contributed by atoms with Crippen LogP contribution in [0.3, 0.4) is 0 Å². The molecule has 4 nitrogen and oxygen atoms in total. The molecule has 0 heterocycles. The molecule has 0 saturated heterocycles. The van der Waals surface area contributed by atoms with Gasteiger partial charge >= 0.3 is 11.9 Å². The van der Waals surface area contributed by atoms with E-state index in [1.807, 2.05) is 36.4 Å². The Hall–Kier alpha value is -2.10. The topological polar surface area (TPSA) is 52.6 Å². The highest BCUT2D eigenvalue weighted by Crippen LogP contribution is 2.34. The Morgan fingerprint density at radius 1 is 1.10 bits per heavy atom. The van der Waals surface area contributed by atoms with Crippen LogP contribution >= 0.6 is 0 Å². The summed E-state index contributed by atoms with van der Waals surface area (Å²) in [5.41, 5.74) is 2.31. The van der Waals surface area contributed by atoms with Crippen LogP contribution in [0.1, 0.15) is 24.8 Å². The lowest BCUT2D eigenvalue weighted by Gasteiger charge is -2.25. The molecule has 4 heteroatoms. The van der Waals surface area contributed by atoms with Gasteiger partial charge < -0.3 is 9.47 Å². The van der Waals surface area contributed by atoms with Gasteiger partial charge in [-0.1, -0.05) is 36.4 Å². The minimum absolute atomic E-state index is 0.172. The van der Waals surface area contributed by atoms with E-state index in [0.717, 1.165) is 24.8 Å². The highest BCUT2D eigenvalue weighted by atomic mass is 16.5. The van der Waals surface area contributed by atoms with E-state index in [0.29, 0.717) is 0 Å². The second kappa shape index (κ2) is 7.07. The lowest BCUT2D eigenvalue weighted by atomic mass is 9.80. The average molecular weight is 288 g/mol. The number of esters is 2. The standard InChI is InChI=1S/C17H20O4/c1-20-16(18)15(17(19)21-2)14-10-6-9-13(11-14)12-7-4-3-5-8-12/h3-5,7-8,11,14-15H,6,9-10H2,1-2H3/t14-/m1/s1. The molecule has 0 saturated carbocycles. The van der Waals surface area contributed by atoms with Crippen molar-refractivity contribution >= 4 is 17.5 Å². The van der Waals surface area contributed by atoms with Gasteiger partial charge in [0, 0.05) is 5.92 Å². The Morgan fingerprint density at radius 2 is 1.71 bits per heavy atom. The first-order valence-corrected chi connectivity index (χ1v) is 7.09. The molecule has 2 rings (SSSR count). The number of rotatable bonds is 4. The third kappa shape index (κ3) is 3.51. The summed E-state index contributed by atoms with van der Waals surface area (Å²) in [5.74, 6) is -2.11. The molecule has 0 spiro atoms. The van der Waals surface area contributed by atoms with Gasteiger partial charge in [0.25, 0.3) is 0 Å². The third-order valence-corrected chi connectivity index (χ3v) is 3.88. The monoisotopic (exact) mass is 288 g/mol. The molecule has 21 heavy (non-hydrogen) atoms. The molecular formula is C17H20O4. The predicted molar refractivity (Wildman–Crippen MR) is 79.3 cm³/mol.